The number of rotatable bonds is 5. The van der Waals surface area contributed by atoms with Gasteiger partial charge in [0.15, 0.2) is 0 Å². The predicted octanol–water partition coefficient (Wildman–Crippen LogP) is 2.12. The molecule has 0 aliphatic heterocycles. The molecule has 1 aliphatic rings. The minimum atomic E-state index is -0.319. The van der Waals surface area contributed by atoms with Crippen LogP contribution in [0.25, 0.3) is 0 Å². The summed E-state index contributed by atoms with van der Waals surface area (Å²) in [6.07, 6.45) is 3.14. The molecule has 0 bridgehead atoms. The van der Waals surface area contributed by atoms with Gasteiger partial charge in [-0.1, -0.05) is 12.5 Å². The van der Waals surface area contributed by atoms with E-state index in [9.17, 15) is 9.18 Å². The molecule has 3 nitrogen and oxygen atoms in total. The van der Waals surface area contributed by atoms with Crippen molar-refractivity contribution in [1.82, 2.24) is 5.32 Å². The van der Waals surface area contributed by atoms with Crippen LogP contribution in [0.1, 0.15) is 19.3 Å². The standard InChI is InChI=1S/C13H16FNO2/c14-11-5-2-6-12(9-11)17-8-7-15-13(16)10-3-1-4-10/h2,5-6,9-10H,1,3-4,7-8H2,(H,15,16). The normalized spacial score (nSPS) is 15.1. The Morgan fingerprint density at radius 2 is 2.29 bits per heavy atom. The number of ether oxygens (including phenoxy) is 1. The molecule has 4 heteroatoms. The maximum atomic E-state index is 12.8. The van der Waals surface area contributed by atoms with Crippen molar-refractivity contribution in [3.63, 3.8) is 0 Å². The van der Waals surface area contributed by atoms with E-state index in [0.29, 0.717) is 18.9 Å². The maximum Gasteiger partial charge on any atom is 0.223 e. The summed E-state index contributed by atoms with van der Waals surface area (Å²) in [6.45, 7) is 0.827. The van der Waals surface area contributed by atoms with Crippen molar-refractivity contribution < 1.29 is 13.9 Å². The Bertz CT molecular complexity index is 391. The molecule has 17 heavy (non-hydrogen) atoms. The molecule has 92 valence electrons. The second kappa shape index (κ2) is 5.66. The Morgan fingerprint density at radius 3 is 2.94 bits per heavy atom. The van der Waals surface area contributed by atoms with Crippen LogP contribution in [0, 0.1) is 11.7 Å². The van der Waals surface area contributed by atoms with Crippen molar-refractivity contribution in [2.75, 3.05) is 13.2 Å². The minimum absolute atomic E-state index is 0.110. The van der Waals surface area contributed by atoms with Crippen LogP contribution in [0.2, 0.25) is 0 Å². The zero-order valence-electron chi connectivity index (χ0n) is 9.62. The highest BCUT2D eigenvalue weighted by molar-refractivity contribution is 5.79. The first-order chi connectivity index (χ1) is 8.25. The second-order valence-corrected chi connectivity index (χ2v) is 4.22. The van der Waals surface area contributed by atoms with Crippen LogP contribution in [0.15, 0.2) is 24.3 Å². The number of carbonyl (C=O) groups is 1. The number of hydrogen-bond donors (Lipinski definition) is 1. The van der Waals surface area contributed by atoms with Crippen LogP contribution in [0.5, 0.6) is 5.75 Å². The second-order valence-electron chi connectivity index (χ2n) is 4.22. The lowest BCUT2D eigenvalue weighted by Crippen LogP contribution is -2.36. The lowest BCUT2D eigenvalue weighted by molar-refractivity contribution is -0.127. The Morgan fingerprint density at radius 1 is 1.47 bits per heavy atom. The van der Waals surface area contributed by atoms with E-state index in [4.69, 9.17) is 4.74 Å². The quantitative estimate of drug-likeness (QED) is 0.797. The van der Waals surface area contributed by atoms with Crippen molar-refractivity contribution in [1.29, 1.82) is 0 Å². The third kappa shape index (κ3) is 3.44. The summed E-state index contributed by atoms with van der Waals surface area (Å²) in [5, 5.41) is 2.81. The molecular weight excluding hydrogens is 221 g/mol. The summed E-state index contributed by atoms with van der Waals surface area (Å²) in [4.78, 5) is 11.5. The van der Waals surface area contributed by atoms with E-state index >= 15 is 0 Å². The van der Waals surface area contributed by atoms with Crippen LogP contribution < -0.4 is 10.1 Å². The lowest BCUT2D eigenvalue weighted by atomic mass is 9.85. The molecular formula is C13H16FNO2. The molecule has 2 rings (SSSR count). The zero-order chi connectivity index (χ0) is 12.1. The van der Waals surface area contributed by atoms with E-state index in [2.05, 4.69) is 5.32 Å². The smallest absolute Gasteiger partial charge is 0.223 e. The fourth-order valence-electron chi connectivity index (χ4n) is 1.71. The molecule has 0 unspecified atom stereocenters. The Balaban J connectivity index is 1.64. The average molecular weight is 237 g/mol. The van der Waals surface area contributed by atoms with Crippen LogP contribution in [-0.4, -0.2) is 19.1 Å². The number of nitrogens with one attached hydrogen (secondary N) is 1. The first-order valence-electron chi connectivity index (χ1n) is 5.92. The summed E-state index contributed by atoms with van der Waals surface area (Å²) in [5.74, 6) is 0.479. The molecule has 0 aromatic heterocycles. The molecule has 0 radical (unpaired) electrons. The molecule has 1 N–H and O–H groups in total. The summed E-state index contributed by atoms with van der Waals surface area (Å²) in [6, 6.07) is 5.98. The number of halogens is 1. The number of carbonyl (C=O) groups excluding carboxylic acids is 1. The lowest BCUT2D eigenvalue weighted by Gasteiger charge is -2.23. The molecule has 0 heterocycles. The van der Waals surface area contributed by atoms with Gasteiger partial charge < -0.3 is 10.1 Å². The highest BCUT2D eigenvalue weighted by atomic mass is 19.1. The fourth-order valence-corrected chi connectivity index (χ4v) is 1.71. The largest absolute Gasteiger partial charge is 0.492 e. The van der Waals surface area contributed by atoms with Gasteiger partial charge in [-0.05, 0) is 25.0 Å². The van der Waals surface area contributed by atoms with Gasteiger partial charge in [0.1, 0.15) is 18.2 Å². The summed E-state index contributed by atoms with van der Waals surface area (Å²) >= 11 is 0. The SMILES string of the molecule is O=C(NCCOc1cccc(F)c1)C1CCC1. The van der Waals surface area contributed by atoms with Crippen molar-refractivity contribution in [2.24, 2.45) is 5.92 Å². The van der Waals surface area contributed by atoms with E-state index in [1.165, 1.54) is 12.1 Å². The number of hydrogen-bond acceptors (Lipinski definition) is 2. The first-order valence-corrected chi connectivity index (χ1v) is 5.92. The van der Waals surface area contributed by atoms with E-state index in [1.807, 2.05) is 0 Å². The van der Waals surface area contributed by atoms with Gasteiger partial charge in [0.05, 0.1) is 6.54 Å². The highest BCUT2D eigenvalue weighted by Crippen LogP contribution is 2.25. The highest BCUT2D eigenvalue weighted by Gasteiger charge is 2.24. The van der Waals surface area contributed by atoms with Crippen molar-refractivity contribution in [3.8, 4) is 5.75 Å². The third-order valence-corrected chi connectivity index (χ3v) is 2.94. The molecule has 1 aromatic rings. The average Bonchev–Trinajstić information content (AvgIpc) is 2.22. The van der Waals surface area contributed by atoms with Gasteiger partial charge in [-0.3, -0.25) is 4.79 Å². The first kappa shape index (κ1) is 11.9. The van der Waals surface area contributed by atoms with E-state index in [1.54, 1.807) is 12.1 Å². The van der Waals surface area contributed by atoms with Crippen LogP contribution in [-0.2, 0) is 4.79 Å². The van der Waals surface area contributed by atoms with Gasteiger partial charge >= 0.3 is 0 Å². The molecule has 1 aromatic carbocycles. The summed E-state index contributed by atoms with van der Waals surface area (Å²) in [5.41, 5.74) is 0. The monoisotopic (exact) mass is 237 g/mol. The molecule has 1 saturated carbocycles. The van der Waals surface area contributed by atoms with Gasteiger partial charge in [-0.25, -0.2) is 4.39 Å². The van der Waals surface area contributed by atoms with Gasteiger partial charge in [0, 0.05) is 12.0 Å². The van der Waals surface area contributed by atoms with Crippen molar-refractivity contribution in [2.45, 2.75) is 19.3 Å². The van der Waals surface area contributed by atoms with E-state index in [-0.39, 0.29) is 17.6 Å². The van der Waals surface area contributed by atoms with Crippen LogP contribution in [0.4, 0.5) is 4.39 Å². The Labute approximate surface area is 100.0 Å². The number of benzene rings is 1. The molecule has 1 aliphatic carbocycles. The van der Waals surface area contributed by atoms with Crippen molar-refractivity contribution >= 4 is 5.91 Å². The van der Waals surface area contributed by atoms with Crippen LogP contribution >= 0.6 is 0 Å². The van der Waals surface area contributed by atoms with E-state index in [0.717, 1.165) is 19.3 Å². The van der Waals surface area contributed by atoms with Gasteiger partial charge in [-0.2, -0.15) is 0 Å². The zero-order valence-corrected chi connectivity index (χ0v) is 9.62. The maximum absolute atomic E-state index is 12.8. The minimum Gasteiger partial charge on any atom is -0.492 e. The van der Waals surface area contributed by atoms with Gasteiger partial charge in [-0.15, -0.1) is 0 Å². The fraction of sp³-hybridized carbons (Fsp3) is 0.462. The van der Waals surface area contributed by atoms with E-state index < -0.39 is 0 Å². The summed E-state index contributed by atoms with van der Waals surface area (Å²) < 4.78 is 18.1. The molecule has 0 saturated heterocycles. The predicted molar refractivity (Wildman–Crippen MR) is 62.2 cm³/mol. The molecule has 0 atom stereocenters. The number of amides is 1. The van der Waals surface area contributed by atoms with Crippen molar-refractivity contribution in [3.05, 3.63) is 30.1 Å². The Hall–Kier alpha value is -1.58. The summed E-state index contributed by atoms with van der Waals surface area (Å²) in [7, 11) is 0. The van der Waals surface area contributed by atoms with Crippen LogP contribution in [0.3, 0.4) is 0 Å². The molecule has 0 spiro atoms. The topological polar surface area (TPSA) is 38.3 Å². The molecule has 1 amide bonds. The van der Waals surface area contributed by atoms with Gasteiger partial charge in [0.25, 0.3) is 0 Å². The van der Waals surface area contributed by atoms with Gasteiger partial charge in [0.2, 0.25) is 5.91 Å². The third-order valence-electron chi connectivity index (χ3n) is 2.94. The molecule has 1 fully saturated rings. The Kier molecular flexibility index (Phi) is 3.96.